The molecule has 1 aliphatic rings. The molecule has 0 spiro atoms. The Morgan fingerprint density at radius 2 is 1.95 bits per heavy atom. The molecule has 106 valence electrons. The van der Waals surface area contributed by atoms with Gasteiger partial charge in [-0.1, -0.05) is 42.5 Å². The standard InChI is InChI=1S/C17H17N3O/c21-17-19-13-16(20(17)15-9-11-18-12-10-15)8-4-7-14-5-2-1-3-6-14/h1-7,9-12,16H,8,13H2,(H,19,21)/b7-4-. The van der Waals surface area contributed by atoms with E-state index in [1.54, 1.807) is 17.3 Å². The summed E-state index contributed by atoms with van der Waals surface area (Å²) in [5.74, 6) is 0. The first kappa shape index (κ1) is 13.4. The Morgan fingerprint density at radius 3 is 2.71 bits per heavy atom. The third kappa shape index (κ3) is 3.11. The first-order valence-corrected chi connectivity index (χ1v) is 7.03. The van der Waals surface area contributed by atoms with Crippen molar-refractivity contribution in [1.82, 2.24) is 10.3 Å². The summed E-state index contributed by atoms with van der Waals surface area (Å²) < 4.78 is 0. The number of anilines is 1. The third-order valence-corrected chi connectivity index (χ3v) is 3.53. The van der Waals surface area contributed by atoms with Gasteiger partial charge in [0, 0.05) is 24.6 Å². The van der Waals surface area contributed by atoms with Crippen molar-refractivity contribution in [3.8, 4) is 0 Å². The van der Waals surface area contributed by atoms with Crippen LogP contribution in [0.15, 0.2) is 60.9 Å². The predicted octanol–water partition coefficient (Wildman–Crippen LogP) is 3.08. The molecule has 1 fully saturated rings. The maximum absolute atomic E-state index is 12.0. The van der Waals surface area contributed by atoms with Gasteiger partial charge in [0.1, 0.15) is 0 Å². The second kappa shape index (κ2) is 6.22. The van der Waals surface area contributed by atoms with E-state index < -0.39 is 0 Å². The average Bonchev–Trinajstić information content (AvgIpc) is 2.90. The van der Waals surface area contributed by atoms with Gasteiger partial charge in [-0.25, -0.2) is 4.79 Å². The fraction of sp³-hybridized carbons (Fsp3) is 0.176. The summed E-state index contributed by atoms with van der Waals surface area (Å²) in [5, 5.41) is 2.90. The molecule has 1 aromatic heterocycles. The summed E-state index contributed by atoms with van der Waals surface area (Å²) >= 11 is 0. The van der Waals surface area contributed by atoms with Crippen molar-refractivity contribution < 1.29 is 4.79 Å². The summed E-state index contributed by atoms with van der Waals surface area (Å²) in [6, 6.07) is 14.0. The van der Waals surface area contributed by atoms with Crippen molar-refractivity contribution >= 4 is 17.8 Å². The van der Waals surface area contributed by atoms with E-state index in [2.05, 4.69) is 34.6 Å². The molecule has 1 atom stereocenters. The number of rotatable bonds is 4. The van der Waals surface area contributed by atoms with Gasteiger partial charge >= 0.3 is 6.03 Å². The van der Waals surface area contributed by atoms with Crippen LogP contribution in [0, 0.1) is 0 Å². The van der Waals surface area contributed by atoms with E-state index in [1.807, 2.05) is 30.3 Å². The number of benzene rings is 1. The van der Waals surface area contributed by atoms with E-state index in [0.29, 0.717) is 6.54 Å². The molecular weight excluding hydrogens is 262 g/mol. The lowest BCUT2D eigenvalue weighted by molar-refractivity contribution is 0.251. The van der Waals surface area contributed by atoms with Crippen LogP contribution in [-0.2, 0) is 0 Å². The number of aromatic nitrogens is 1. The molecule has 1 aliphatic heterocycles. The summed E-state index contributed by atoms with van der Waals surface area (Å²) in [6.07, 6.45) is 8.44. The number of nitrogens with one attached hydrogen (secondary N) is 1. The second-order valence-electron chi connectivity index (χ2n) is 4.96. The maximum atomic E-state index is 12.0. The smallest absolute Gasteiger partial charge is 0.322 e. The molecule has 1 unspecified atom stereocenters. The zero-order valence-electron chi connectivity index (χ0n) is 11.6. The minimum absolute atomic E-state index is 0.0423. The van der Waals surface area contributed by atoms with Crippen molar-refractivity contribution in [2.75, 3.05) is 11.4 Å². The lowest BCUT2D eigenvalue weighted by atomic mass is 10.1. The van der Waals surface area contributed by atoms with Crippen LogP contribution in [0.3, 0.4) is 0 Å². The number of hydrogen-bond acceptors (Lipinski definition) is 2. The van der Waals surface area contributed by atoms with E-state index >= 15 is 0 Å². The molecule has 3 rings (SSSR count). The normalized spacial score (nSPS) is 18.2. The first-order chi connectivity index (χ1) is 10.3. The Morgan fingerprint density at radius 1 is 1.19 bits per heavy atom. The van der Waals surface area contributed by atoms with Crippen LogP contribution in [0.1, 0.15) is 12.0 Å². The molecule has 4 nitrogen and oxygen atoms in total. The van der Waals surface area contributed by atoms with E-state index in [-0.39, 0.29) is 12.1 Å². The molecule has 1 saturated heterocycles. The Hall–Kier alpha value is -2.62. The Kier molecular flexibility index (Phi) is 3.96. The molecule has 0 radical (unpaired) electrons. The second-order valence-corrected chi connectivity index (χ2v) is 4.96. The molecule has 2 heterocycles. The van der Waals surface area contributed by atoms with Gasteiger partial charge in [0.25, 0.3) is 0 Å². The number of carbonyl (C=O) groups excluding carboxylic acids is 1. The van der Waals surface area contributed by atoms with E-state index in [9.17, 15) is 4.79 Å². The fourth-order valence-electron chi connectivity index (χ4n) is 2.49. The van der Waals surface area contributed by atoms with Crippen molar-refractivity contribution in [3.05, 3.63) is 66.5 Å². The van der Waals surface area contributed by atoms with Gasteiger partial charge in [-0.2, -0.15) is 0 Å². The highest BCUT2D eigenvalue weighted by molar-refractivity contribution is 5.94. The number of nitrogens with zero attached hydrogens (tertiary/aromatic N) is 2. The minimum Gasteiger partial charge on any atom is -0.336 e. The first-order valence-electron chi connectivity index (χ1n) is 7.03. The lowest BCUT2D eigenvalue weighted by Crippen LogP contribution is -2.33. The van der Waals surface area contributed by atoms with Crippen molar-refractivity contribution in [1.29, 1.82) is 0 Å². The number of urea groups is 1. The fourth-order valence-corrected chi connectivity index (χ4v) is 2.49. The highest BCUT2D eigenvalue weighted by atomic mass is 16.2. The number of carbonyl (C=O) groups is 1. The van der Waals surface area contributed by atoms with E-state index in [4.69, 9.17) is 0 Å². The predicted molar refractivity (Wildman–Crippen MR) is 84.0 cm³/mol. The van der Waals surface area contributed by atoms with Gasteiger partial charge in [-0.3, -0.25) is 9.88 Å². The molecule has 21 heavy (non-hydrogen) atoms. The lowest BCUT2D eigenvalue weighted by Gasteiger charge is -2.21. The monoisotopic (exact) mass is 279 g/mol. The zero-order chi connectivity index (χ0) is 14.5. The van der Waals surface area contributed by atoms with Gasteiger partial charge in [-0.15, -0.1) is 0 Å². The van der Waals surface area contributed by atoms with Gasteiger partial charge in [0.15, 0.2) is 0 Å². The maximum Gasteiger partial charge on any atom is 0.322 e. The van der Waals surface area contributed by atoms with Crippen molar-refractivity contribution in [3.63, 3.8) is 0 Å². The van der Waals surface area contributed by atoms with Crippen molar-refractivity contribution in [2.24, 2.45) is 0 Å². The van der Waals surface area contributed by atoms with E-state index in [0.717, 1.165) is 12.1 Å². The average molecular weight is 279 g/mol. The van der Waals surface area contributed by atoms with Gasteiger partial charge in [0.2, 0.25) is 0 Å². The van der Waals surface area contributed by atoms with Crippen LogP contribution in [0.2, 0.25) is 0 Å². The Labute approximate surface area is 124 Å². The summed E-state index contributed by atoms with van der Waals surface area (Å²) in [5.41, 5.74) is 2.06. The van der Waals surface area contributed by atoms with Crippen LogP contribution in [0.5, 0.6) is 0 Å². The summed E-state index contributed by atoms with van der Waals surface area (Å²) in [4.78, 5) is 17.8. The molecule has 2 amide bonds. The topological polar surface area (TPSA) is 45.2 Å². The highest BCUT2D eigenvalue weighted by Gasteiger charge is 2.30. The van der Waals surface area contributed by atoms with Crippen molar-refractivity contribution in [2.45, 2.75) is 12.5 Å². The Bertz CT molecular complexity index is 625. The summed E-state index contributed by atoms with van der Waals surface area (Å²) in [7, 11) is 0. The van der Waals surface area contributed by atoms with Crippen LogP contribution in [-0.4, -0.2) is 23.6 Å². The third-order valence-electron chi connectivity index (χ3n) is 3.53. The molecule has 0 aliphatic carbocycles. The minimum atomic E-state index is -0.0423. The van der Waals surface area contributed by atoms with Gasteiger partial charge in [-0.05, 0) is 24.1 Å². The van der Waals surface area contributed by atoms with Crippen LogP contribution in [0.4, 0.5) is 10.5 Å². The molecular formula is C17H17N3O. The number of amides is 2. The largest absolute Gasteiger partial charge is 0.336 e. The zero-order valence-corrected chi connectivity index (χ0v) is 11.6. The molecule has 1 N–H and O–H groups in total. The SMILES string of the molecule is O=C1NCC(C/C=C\c2ccccc2)N1c1ccncc1. The van der Waals surface area contributed by atoms with Crippen LogP contribution < -0.4 is 10.2 Å². The number of hydrogen-bond donors (Lipinski definition) is 1. The quantitative estimate of drug-likeness (QED) is 0.934. The molecule has 0 bridgehead atoms. The number of pyridine rings is 1. The van der Waals surface area contributed by atoms with Crippen LogP contribution >= 0.6 is 0 Å². The van der Waals surface area contributed by atoms with Gasteiger partial charge in [0.05, 0.1) is 6.04 Å². The van der Waals surface area contributed by atoms with Gasteiger partial charge < -0.3 is 5.32 Å². The Balaban J connectivity index is 1.70. The molecule has 1 aromatic carbocycles. The van der Waals surface area contributed by atoms with E-state index in [1.165, 1.54) is 5.56 Å². The molecule has 0 saturated carbocycles. The highest BCUT2D eigenvalue weighted by Crippen LogP contribution is 2.21. The summed E-state index contributed by atoms with van der Waals surface area (Å²) in [6.45, 7) is 0.667. The van der Waals surface area contributed by atoms with Crippen LogP contribution in [0.25, 0.3) is 6.08 Å². The molecule has 2 aromatic rings. The molecule has 4 heteroatoms.